The van der Waals surface area contributed by atoms with E-state index in [1.165, 1.54) is 28.2 Å². The maximum atomic E-state index is 11.3. The maximum Gasteiger partial charge on any atom is 0.269 e. The van der Waals surface area contributed by atoms with Gasteiger partial charge in [-0.15, -0.1) is 0 Å². The number of aromatic hydroxyl groups is 1. The quantitative estimate of drug-likeness (QED) is 0.540. The van der Waals surface area contributed by atoms with Gasteiger partial charge in [0.2, 0.25) is 10.8 Å². The molecule has 27 heavy (non-hydrogen) atoms. The number of nitro groups is 1. The van der Waals surface area contributed by atoms with E-state index >= 15 is 0 Å². The van der Waals surface area contributed by atoms with Crippen molar-refractivity contribution in [2.45, 2.75) is 32.1 Å². The second kappa shape index (κ2) is 6.87. The van der Waals surface area contributed by atoms with E-state index in [0.717, 1.165) is 5.56 Å². The summed E-state index contributed by atoms with van der Waals surface area (Å²) in [6.07, 6.45) is 1.41. The highest BCUT2D eigenvalue weighted by molar-refractivity contribution is 7.17. The molecule has 1 saturated heterocycles. The Labute approximate surface area is 159 Å². The third-order valence-electron chi connectivity index (χ3n) is 4.60. The molecule has 3 atom stereocenters. The Morgan fingerprint density at radius 3 is 2.78 bits per heavy atom. The fourth-order valence-corrected chi connectivity index (χ4v) is 4.73. The number of hydrogen-bond donors (Lipinski definition) is 1. The van der Waals surface area contributed by atoms with Crippen molar-refractivity contribution in [2.24, 2.45) is 0 Å². The van der Waals surface area contributed by atoms with Crippen LogP contribution in [0.15, 0.2) is 30.6 Å². The Morgan fingerprint density at radius 2 is 2.11 bits per heavy atom. The topological polar surface area (TPSA) is 106 Å². The molecule has 142 valence electrons. The molecule has 0 amide bonds. The molecule has 1 N–H and O–H groups in total. The summed E-state index contributed by atoms with van der Waals surface area (Å²) < 4.78 is 7.22. The van der Waals surface area contributed by atoms with E-state index in [9.17, 15) is 15.2 Å². The van der Waals surface area contributed by atoms with E-state index in [1.54, 1.807) is 12.1 Å². The zero-order chi connectivity index (χ0) is 19.1. The first-order chi connectivity index (χ1) is 12.9. The van der Waals surface area contributed by atoms with Crippen LogP contribution in [0.3, 0.4) is 0 Å². The van der Waals surface area contributed by atoms with Gasteiger partial charge in [0.1, 0.15) is 6.33 Å². The highest BCUT2D eigenvalue weighted by Gasteiger charge is 2.34. The minimum atomic E-state index is -0.409. The zero-order valence-corrected chi connectivity index (χ0v) is 15.7. The second-order valence-corrected chi connectivity index (χ2v) is 7.72. The number of thiazole rings is 1. The van der Waals surface area contributed by atoms with Crippen molar-refractivity contribution in [2.75, 3.05) is 13.1 Å². The Bertz CT molecular complexity index is 977. The van der Waals surface area contributed by atoms with E-state index < -0.39 is 4.92 Å². The molecule has 3 unspecified atom stereocenters. The van der Waals surface area contributed by atoms with Gasteiger partial charge in [0, 0.05) is 25.2 Å². The number of non-ortho nitro benzene ring substituents is 1. The molecule has 2 aromatic heterocycles. The van der Waals surface area contributed by atoms with E-state index in [2.05, 4.69) is 15.0 Å². The van der Waals surface area contributed by atoms with Crippen molar-refractivity contribution in [3.8, 4) is 5.88 Å². The summed E-state index contributed by atoms with van der Waals surface area (Å²) in [5, 5.41) is 26.0. The molecule has 3 heterocycles. The van der Waals surface area contributed by atoms with Gasteiger partial charge in [-0.3, -0.25) is 15.0 Å². The number of nitro benzene ring substituents is 1. The molecular formula is C17H19N5O4S. The van der Waals surface area contributed by atoms with Gasteiger partial charge in [-0.2, -0.15) is 9.61 Å². The third-order valence-corrected chi connectivity index (χ3v) is 5.68. The van der Waals surface area contributed by atoms with Crippen molar-refractivity contribution < 1.29 is 14.8 Å². The van der Waals surface area contributed by atoms with Gasteiger partial charge in [-0.1, -0.05) is 23.5 Å². The highest BCUT2D eigenvalue weighted by Crippen LogP contribution is 2.41. The number of ether oxygens (including phenoxy) is 1. The van der Waals surface area contributed by atoms with E-state index in [1.807, 2.05) is 19.9 Å². The number of hydrogen-bond acceptors (Lipinski definition) is 8. The van der Waals surface area contributed by atoms with Crippen LogP contribution in [-0.2, 0) is 4.74 Å². The summed E-state index contributed by atoms with van der Waals surface area (Å²) in [4.78, 5) is 18.4. The van der Waals surface area contributed by atoms with E-state index in [4.69, 9.17) is 4.74 Å². The summed E-state index contributed by atoms with van der Waals surface area (Å²) in [7, 11) is 0. The molecule has 0 radical (unpaired) electrons. The molecule has 4 rings (SSSR count). The van der Waals surface area contributed by atoms with Crippen LogP contribution in [0, 0.1) is 10.1 Å². The van der Waals surface area contributed by atoms with Crippen LogP contribution in [-0.4, -0.2) is 54.8 Å². The molecule has 9 nitrogen and oxygen atoms in total. The minimum absolute atomic E-state index is 0.0100. The van der Waals surface area contributed by atoms with Crippen LogP contribution >= 0.6 is 11.3 Å². The van der Waals surface area contributed by atoms with Crippen LogP contribution < -0.4 is 0 Å². The zero-order valence-electron chi connectivity index (χ0n) is 14.8. The number of rotatable bonds is 4. The Morgan fingerprint density at radius 1 is 1.37 bits per heavy atom. The van der Waals surface area contributed by atoms with Crippen molar-refractivity contribution in [3.05, 3.63) is 51.1 Å². The van der Waals surface area contributed by atoms with Crippen LogP contribution in [0.25, 0.3) is 4.96 Å². The Balaban J connectivity index is 1.84. The first kappa shape index (κ1) is 17.8. The average Bonchev–Trinajstić information content (AvgIpc) is 3.19. The number of fused-ring (bicyclic) bond motifs is 1. The lowest BCUT2D eigenvalue weighted by atomic mass is 10.0. The van der Waals surface area contributed by atoms with Crippen LogP contribution in [0.4, 0.5) is 5.69 Å². The molecule has 1 aliphatic heterocycles. The predicted octanol–water partition coefficient (Wildman–Crippen LogP) is 2.60. The molecule has 0 spiro atoms. The molecular weight excluding hydrogens is 370 g/mol. The van der Waals surface area contributed by atoms with Crippen LogP contribution in [0.5, 0.6) is 5.88 Å². The van der Waals surface area contributed by atoms with Crippen LogP contribution in [0.2, 0.25) is 0 Å². The smallest absolute Gasteiger partial charge is 0.269 e. The Hall–Kier alpha value is -2.56. The molecule has 0 saturated carbocycles. The van der Waals surface area contributed by atoms with E-state index in [-0.39, 0.29) is 29.8 Å². The predicted molar refractivity (Wildman–Crippen MR) is 99.1 cm³/mol. The van der Waals surface area contributed by atoms with Gasteiger partial charge in [-0.25, -0.2) is 4.98 Å². The van der Waals surface area contributed by atoms with Gasteiger partial charge < -0.3 is 9.84 Å². The second-order valence-electron chi connectivity index (χ2n) is 6.71. The first-order valence-electron chi connectivity index (χ1n) is 8.59. The highest BCUT2D eigenvalue weighted by atomic mass is 32.1. The fraction of sp³-hybridized carbons (Fsp3) is 0.412. The van der Waals surface area contributed by atoms with Gasteiger partial charge >= 0.3 is 0 Å². The van der Waals surface area contributed by atoms with Gasteiger partial charge in [0.25, 0.3) is 5.69 Å². The number of nitrogens with zero attached hydrogens (tertiary/aromatic N) is 5. The average molecular weight is 389 g/mol. The fourth-order valence-electron chi connectivity index (χ4n) is 3.64. The van der Waals surface area contributed by atoms with Gasteiger partial charge in [-0.05, 0) is 19.4 Å². The molecule has 1 aliphatic rings. The molecule has 10 heteroatoms. The lowest BCUT2D eigenvalue weighted by Crippen LogP contribution is -2.47. The minimum Gasteiger partial charge on any atom is -0.492 e. The molecule has 1 fully saturated rings. The van der Waals surface area contributed by atoms with Crippen molar-refractivity contribution >= 4 is 22.0 Å². The molecule has 3 aromatic rings. The summed E-state index contributed by atoms with van der Waals surface area (Å²) in [5.74, 6) is 0.0100. The molecule has 1 aromatic carbocycles. The van der Waals surface area contributed by atoms with Crippen molar-refractivity contribution in [3.63, 3.8) is 0 Å². The summed E-state index contributed by atoms with van der Waals surface area (Å²) in [5.41, 5.74) is 0.760. The standard InChI is InChI=1S/C17H19N5O4S/c1-10-7-20(8-11(2)26-10)14(12-4-3-5-13(6-12)22(24)25)15-16(23)21-17(27-15)18-9-19-21/h3-6,9-11,14,23H,7-8H2,1-2H3. The SMILES string of the molecule is CC1CN(C(c2cccc([N+](=O)[O-])c2)c2sc3ncnn3c2O)CC(C)O1. The monoisotopic (exact) mass is 389 g/mol. The van der Waals surface area contributed by atoms with E-state index in [0.29, 0.717) is 22.9 Å². The molecule has 0 aliphatic carbocycles. The maximum absolute atomic E-state index is 11.3. The molecule has 0 bridgehead atoms. The summed E-state index contributed by atoms with van der Waals surface area (Å²) in [6, 6.07) is 6.19. The van der Waals surface area contributed by atoms with Crippen molar-refractivity contribution in [1.29, 1.82) is 0 Å². The lowest BCUT2D eigenvalue weighted by Gasteiger charge is -2.40. The summed E-state index contributed by atoms with van der Waals surface area (Å²) >= 11 is 1.33. The number of aromatic nitrogens is 3. The third kappa shape index (κ3) is 3.27. The lowest BCUT2D eigenvalue weighted by molar-refractivity contribution is -0.384. The normalized spacial score (nSPS) is 22.1. The number of morpholine rings is 1. The summed E-state index contributed by atoms with van der Waals surface area (Å²) in [6.45, 7) is 5.28. The van der Waals surface area contributed by atoms with Gasteiger partial charge in [0.15, 0.2) is 0 Å². The van der Waals surface area contributed by atoms with Crippen LogP contribution in [0.1, 0.15) is 30.3 Å². The Kier molecular flexibility index (Phi) is 4.54. The van der Waals surface area contributed by atoms with Gasteiger partial charge in [0.05, 0.1) is 28.1 Å². The largest absolute Gasteiger partial charge is 0.492 e. The first-order valence-corrected chi connectivity index (χ1v) is 9.41. The van der Waals surface area contributed by atoms with Crippen molar-refractivity contribution in [1.82, 2.24) is 19.5 Å². The number of benzene rings is 1.